The van der Waals surface area contributed by atoms with Crippen LogP contribution in [0.1, 0.15) is 24.6 Å². The quantitative estimate of drug-likeness (QED) is 0.0601. The van der Waals surface area contributed by atoms with E-state index in [4.69, 9.17) is 32.8 Å². The van der Waals surface area contributed by atoms with Gasteiger partial charge in [0.15, 0.2) is 17.8 Å². The molecule has 1 aromatic heterocycles. The molecular weight excluding hydrogens is 468 g/mol. The number of aromatic nitrogens is 2. The first-order chi connectivity index (χ1) is 16.4. The molecule has 1 aromatic rings. The van der Waals surface area contributed by atoms with E-state index in [1.54, 1.807) is 0 Å². The van der Waals surface area contributed by atoms with Gasteiger partial charge in [0.2, 0.25) is 5.91 Å². The third-order valence-corrected chi connectivity index (χ3v) is 5.29. The molecule has 13 N–H and O–H groups in total. The van der Waals surface area contributed by atoms with Crippen LogP contribution >= 0.6 is 0 Å². The first-order valence-electron chi connectivity index (χ1n) is 10.4. The standard InChI is InChI=1S/C19H30N8O8/c20-10(8-29)15(30)25-11-2-3-12(27-6-9(7-28)14(21)26-18(27)33)35-13(11)19(34,16(31)32)4-1-5-24-17(22)23/h2-3,6,10-13,28-29,34H,1,4-5,7-8,20H2,(H,25,30)(H,31,32)(H2,21,26,33)(H4,22,23,24). The molecule has 35 heavy (non-hydrogen) atoms. The lowest BCUT2D eigenvalue weighted by Gasteiger charge is -2.41. The number of carbonyl (C=O) groups excluding carboxylic acids is 1. The number of nitrogens with zero attached hydrogens (tertiary/aromatic N) is 3. The van der Waals surface area contributed by atoms with Gasteiger partial charge < -0.3 is 53.4 Å². The summed E-state index contributed by atoms with van der Waals surface area (Å²) >= 11 is 0. The first-order valence-corrected chi connectivity index (χ1v) is 10.4. The van der Waals surface area contributed by atoms with Crippen molar-refractivity contribution in [1.82, 2.24) is 14.9 Å². The maximum absolute atomic E-state index is 12.4. The van der Waals surface area contributed by atoms with Gasteiger partial charge in [0.1, 0.15) is 18.0 Å². The number of hydrogen-bond acceptors (Lipinski definition) is 11. The molecule has 0 bridgehead atoms. The van der Waals surface area contributed by atoms with E-state index >= 15 is 0 Å². The SMILES string of the molecule is NC(N)=NCCCC(O)(C(=O)O)C1OC(n2cc(CO)c(N)nc2=O)C=CC1NC(=O)C(N)CO. The largest absolute Gasteiger partial charge is 0.479 e. The van der Waals surface area contributed by atoms with Crippen molar-refractivity contribution in [1.29, 1.82) is 0 Å². The van der Waals surface area contributed by atoms with E-state index in [2.05, 4.69) is 15.3 Å². The Bertz CT molecular complexity index is 1040. The lowest BCUT2D eigenvalue weighted by molar-refractivity contribution is -0.193. The van der Waals surface area contributed by atoms with Gasteiger partial charge in [-0.1, -0.05) is 6.08 Å². The molecule has 2 rings (SSSR count). The van der Waals surface area contributed by atoms with E-state index in [0.717, 1.165) is 4.57 Å². The van der Waals surface area contributed by atoms with Gasteiger partial charge in [-0.05, 0) is 18.9 Å². The molecule has 0 saturated carbocycles. The zero-order valence-electron chi connectivity index (χ0n) is 18.6. The van der Waals surface area contributed by atoms with Crippen molar-refractivity contribution in [3.8, 4) is 0 Å². The summed E-state index contributed by atoms with van der Waals surface area (Å²) in [6.07, 6.45) is 0.486. The number of aliphatic imine (C=N–C) groups is 1. The van der Waals surface area contributed by atoms with E-state index < -0.39 is 67.2 Å². The highest BCUT2D eigenvalue weighted by atomic mass is 16.5. The van der Waals surface area contributed by atoms with Crippen molar-refractivity contribution in [2.24, 2.45) is 22.2 Å². The molecule has 0 fully saturated rings. The van der Waals surface area contributed by atoms with E-state index in [1.165, 1.54) is 18.3 Å². The summed E-state index contributed by atoms with van der Waals surface area (Å²) in [6.45, 7) is -1.23. The highest BCUT2D eigenvalue weighted by Gasteiger charge is 2.50. The predicted octanol–water partition coefficient (Wildman–Crippen LogP) is -4.55. The van der Waals surface area contributed by atoms with Crippen LogP contribution in [-0.4, -0.2) is 84.8 Å². The fraction of sp³-hybridized carbons (Fsp3) is 0.526. The number of nitrogens with one attached hydrogen (secondary N) is 1. The molecule has 16 nitrogen and oxygen atoms in total. The number of hydrogen-bond donors (Lipinski definition) is 9. The first kappa shape index (κ1) is 27.7. The van der Waals surface area contributed by atoms with Gasteiger partial charge in [0.05, 0.1) is 19.3 Å². The summed E-state index contributed by atoms with van der Waals surface area (Å²) < 4.78 is 6.74. The van der Waals surface area contributed by atoms with E-state index in [0.29, 0.717) is 0 Å². The van der Waals surface area contributed by atoms with E-state index in [-0.39, 0.29) is 30.3 Å². The number of carbonyl (C=O) groups is 2. The second-order valence-corrected chi connectivity index (χ2v) is 7.79. The summed E-state index contributed by atoms with van der Waals surface area (Å²) in [5.41, 5.74) is 18.3. The molecule has 5 atom stereocenters. The predicted molar refractivity (Wildman–Crippen MR) is 121 cm³/mol. The highest BCUT2D eigenvalue weighted by Crippen LogP contribution is 2.31. The van der Waals surface area contributed by atoms with Crippen molar-refractivity contribution in [3.63, 3.8) is 0 Å². The molecule has 5 unspecified atom stereocenters. The maximum atomic E-state index is 12.4. The third-order valence-electron chi connectivity index (χ3n) is 5.29. The van der Waals surface area contributed by atoms with Crippen LogP contribution in [0.15, 0.2) is 28.1 Å². The number of guanidine groups is 1. The number of amides is 1. The van der Waals surface area contributed by atoms with Crippen molar-refractivity contribution in [3.05, 3.63) is 34.4 Å². The van der Waals surface area contributed by atoms with Gasteiger partial charge >= 0.3 is 11.7 Å². The van der Waals surface area contributed by atoms with Crippen LogP contribution in [0.5, 0.6) is 0 Å². The Labute approximate surface area is 198 Å². The topological polar surface area (TPSA) is 288 Å². The molecule has 0 spiro atoms. The van der Waals surface area contributed by atoms with Gasteiger partial charge in [-0.2, -0.15) is 4.98 Å². The fourth-order valence-corrected chi connectivity index (χ4v) is 3.40. The number of anilines is 1. The van der Waals surface area contributed by atoms with Crippen LogP contribution in [0.3, 0.4) is 0 Å². The number of ether oxygens (including phenoxy) is 1. The molecule has 1 aliphatic rings. The Morgan fingerprint density at radius 3 is 2.57 bits per heavy atom. The minimum Gasteiger partial charge on any atom is -0.479 e. The minimum atomic E-state index is -2.59. The van der Waals surface area contributed by atoms with Crippen LogP contribution in [0.4, 0.5) is 5.82 Å². The zero-order chi connectivity index (χ0) is 26.3. The molecule has 0 aromatic carbocycles. The number of carboxylic acids is 1. The van der Waals surface area contributed by atoms with Gasteiger partial charge in [-0.3, -0.25) is 14.4 Å². The van der Waals surface area contributed by atoms with Gasteiger partial charge in [-0.25, -0.2) is 9.59 Å². The van der Waals surface area contributed by atoms with Gasteiger partial charge in [-0.15, -0.1) is 0 Å². The molecule has 1 amide bonds. The smallest absolute Gasteiger partial charge is 0.351 e. The van der Waals surface area contributed by atoms with Gasteiger partial charge in [0.25, 0.3) is 0 Å². The molecule has 194 valence electrons. The molecule has 1 aliphatic heterocycles. The molecule has 2 heterocycles. The number of nitrogens with two attached hydrogens (primary N) is 4. The summed E-state index contributed by atoms with van der Waals surface area (Å²) in [7, 11) is 0. The van der Waals surface area contributed by atoms with Crippen LogP contribution in [0, 0.1) is 0 Å². The number of nitrogen functional groups attached to an aromatic ring is 1. The number of rotatable bonds is 11. The minimum absolute atomic E-state index is 0.00246. The Balaban J connectivity index is 2.48. The lowest BCUT2D eigenvalue weighted by Crippen LogP contribution is -2.62. The van der Waals surface area contributed by atoms with Crippen LogP contribution < -0.4 is 33.9 Å². The van der Waals surface area contributed by atoms with Crippen molar-refractivity contribution >= 4 is 23.7 Å². The monoisotopic (exact) mass is 498 g/mol. The fourth-order valence-electron chi connectivity index (χ4n) is 3.40. The molecule has 0 radical (unpaired) electrons. The molecule has 16 heteroatoms. The van der Waals surface area contributed by atoms with Crippen molar-refractivity contribution in [2.45, 2.75) is 49.5 Å². The lowest BCUT2D eigenvalue weighted by atomic mass is 9.85. The Hall–Kier alpha value is -3.57. The number of aliphatic hydroxyl groups is 3. The normalized spacial score (nSPS) is 22.1. The second kappa shape index (κ2) is 11.7. The van der Waals surface area contributed by atoms with Crippen LogP contribution in [0.2, 0.25) is 0 Å². The second-order valence-electron chi connectivity index (χ2n) is 7.79. The van der Waals surface area contributed by atoms with E-state index in [9.17, 15) is 29.7 Å². The molecule has 0 saturated heterocycles. The number of carboxylic acid groups (broad SMARTS) is 1. The summed E-state index contributed by atoms with van der Waals surface area (Å²) in [5.74, 6) is -2.93. The Morgan fingerprint density at radius 2 is 2.00 bits per heavy atom. The van der Waals surface area contributed by atoms with Crippen LogP contribution in [-0.2, 0) is 20.9 Å². The third kappa shape index (κ3) is 6.52. The average molecular weight is 498 g/mol. The number of aliphatic hydroxyl groups excluding tert-OH is 2. The Morgan fingerprint density at radius 1 is 1.31 bits per heavy atom. The summed E-state index contributed by atoms with van der Waals surface area (Å²) in [5, 5.41) is 42.1. The van der Waals surface area contributed by atoms with Crippen molar-refractivity contribution in [2.75, 3.05) is 18.9 Å². The summed E-state index contributed by atoms with van der Waals surface area (Å²) in [6, 6.07) is -2.55. The van der Waals surface area contributed by atoms with Crippen LogP contribution in [0.25, 0.3) is 0 Å². The maximum Gasteiger partial charge on any atom is 0.351 e. The van der Waals surface area contributed by atoms with Crippen molar-refractivity contribution < 1.29 is 34.8 Å². The zero-order valence-corrected chi connectivity index (χ0v) is 18.6. The highest BCUT2D eigenvalue weighted by molar-refractivity contribution is 5.83. The average Bonchev–Trinajstić information content (AvgIpc) is 2.81. The summed E-state index contributed by atoms with van der Waals surface area (Å²) in [4.78, 5) is 44.2. The van der Waals surface area contributed by atoms with Gasteiger partial charge in [0, 0.05) is 18.3 Å². The Kier molecular flexibility index (Phi) is 9.26. The molecular formula is C19H30N8O8. The molecule has 0 aliphatic carbocycles. The van der Waals surface area contributed by atoms with E-state index in [1.807, 2.05) is 0 Å². The number of aliphatic carboxylic acids is 1.